The molecule has 0 radical (unpaired) electrons. The molecule has 100 valence electrons. The third-order valence-electron chi connectivity index (χ3n) is 3.17. The van der Waals surface area contributed by atoms with Gasteiger partial charge in [0.1, 0.15) is 11.4 Å². The standard InChI is InChI=1S/C13H17BrFNO2/c1-3-13(4-2,12(17)18)16-8-9-5-10(14)7-11(15)6-9/h5-7,16H,3-4,8H2,1-2H3,(H,17,18). The van der Waals surface area contributed by atoms with Crippen LogP contribution < -0.4 is 5.32 Å². The third kappa shape index (κ3) is 3.53. The number of hydrogen-bond acceptors (Lipinski definition) is 2. The van der Waals surface area contributed by atoms with E-state index in [9.17, 15) is 14.3 Å². The predicted octanol–water partition coefficient (Wildman–Crippen LogP) is 3.32. The fourth-order valence-corrected chi connectivity index (χ4v) is 2.38. The third-order valence-corrected chi connectivity index (χ3v) is 3.63. The number of aliphatic carboxylic acids is 1. The van der Waals surface area contributed by atoms with Crippen LogP contribution in [0.15, 0.2) is 22.7 Å². The molecule has 0 aliphatic heterocycles. The van der Waals surface area contributed by atoms with Crippen molar-refractivity contribution < 1.29 is 14.3 Å². The lowest BCUT2D eigenvalue weighted by Crippen LogP contribution is -2.50. The van der Waals surface area contributed by atoms with Crippen molar-refractivity contribution >= 4 is 21.9 Å². The van der Waals surface area contributed by atoms with Gasteiger partial charge < -0.3 is 5.11 Å². The van der Waals surface area contributed by atoms with E-state index in [4.69, 9.17) is 0 Å². The average Bonchev–Trinajstić information content (AvgIpc) is 2.29. The second-order valence-corrected chi connectivity index (χ2v) is 5.14. The Bertz CT molecular complexity index is 413. The Labute approximate surface area is 115 Å². The summed E-state index contributed by atoms with van der Waals surface area (Å²) in [4.78, 5) is 11.3. The van der Waals surface area contributed by atoms with Crippen molar-refractivity contribution in [3.05, 3.63) is 34.1 Å². The molecule has 0 aliphatic rings. The van der Waals surface area contributed by atoms with Crippen LogP contribution in [0, 0.1) is 5.82 Å². The van der Waals surface area contributed by atoms with E-state index < -0.39 is 11.5 Å². The van der Waals surface area contributed by atoms with Crippen molar-refractivity contribution in [1.29, 1.82) is 0 Å². The van der Waals surface area contributed by atoms with Gasteiger partial charge in [-0.3, -0.25) is 10.1 Å². The monoisotopic (exact) mass is 317 g/mol. The van der Waals surface area contributed by atoms with Crippen LogP contribution in [0.2, 0.25) is 0 Å². The van der Waals surface area contributed by atoms with Gasteiger partial charge in [0.2, 0.25) is 0 Å². The smallest absolute Gasteiger partial charge is 0.323 e. The summed E-state index contributed by atoms with van der Waals surface area (Å²) in [7, 11) is 0. The lowest BCUT2D eigenvalue weighted by atomic mass is 9.92. The molecule has 0 saturated heterocycles. The molecule has 2 N–H and O–H groups in total. The molecule has 0 bridgehead atoms. The summed E-state index contributed by atoms with van der Waals surface area (Å²) in [6.45, 7) is 3.97. The molecule has 0 spiro atoms. The van der Waals surface area contributed by atoms with E-state index in [1.165, 1.54) is 12.1 Å². The minimum atomic E-state index is -0.946. The fourth-order valence-electron chi connectivity index (χ4n) is 1.86. The molecule has 1 rings (SSSR count). The van der Waals surface area contributed by atoms with Crippen LogP contribution in [0.5, 0.6) is 0 Å². The Balaban J connectivity index is 2.82. The maximum absolute atomic E-state index is 13.2. The summed E-state index contributed by atoms with van der Waals surface area (Å²) in [5.74, 6) is -1.21. The minimum Gasteiger partial charge on any atom is -0.480 e. The van der Waals surface area contributed by atoms with Gasteiger partial charge in [0.15, 0.2) is 0 Å². The topological polar surface area (TPSA) is 49.3 Å². The minimum absolute atomic E-state index is 0.324. The van der Waals surface area contributed by atoms with Gasteiger partial charge in [-0.25, -0.2) is 4.39 Å². The van der Waals surface area contributed by atoms with E-state index in [0.29, 0.717) is 23.9 Å². The molecule has 0 atom stereocenters. The SMILES string of the molecule is CCC(CC)(NCc1cc(F)cc(Br)c1)C(=O)O. The van der Waals surface area contributed by atoms with Crippen LogP contribution in [-0.4, -0.2) is 16.6 Å². The number of hydrogen-bond donors (Lipinski definition) is 2. The summed E-state index contributed by atoms with van der Waals surface area (Å²) in [5, 5.41) is 12.3. The van der Waals surface area contributed by atoms with Crippen molar-refractivity contribution in [1.82, 2.24) is 5.32 Å². The lowest BCUT2D eigenvalue weighted by molar-refractivity contribution is -0.145. The Kier molecular flexibility index (Phi) is 5.28. The average molecular weight is 318 g/mol. The number of carbonyl (C=O) groups is 1. The van der Waals surface area contributed by atoms with Crippen LogP contribution in [0.3, 0.4) is 0 Å². The molecule has 0 aromatic heterocycles. The van der Waals surface area contributed by atoms with Crippen LogP contribution in [0.25, 0.3) is 0 Å². The zero-order valence-electron chi connectivity index (χ0n) is 10.5. The molecule has 18 heavy (non-hydrogen) atoms. The first-order valence-corrected chi connectivity index (χ1v) is 6.66. The van der Waals surface area contributed by atoms with E-state index in [-0.39, 0.29) is 5.82 Å². The van der Waals surface area contributed by atoms with Gasteiger partial charge in [0.05, 0.1) is 0 Å². The van der Waals surface area contributed by atoms with Gasteiger partial charge in [0.25, 0.3) is 0 Å². The van der Waals surface area contributed by atoms with Gasteiger partial charge in [-0.1, -0.05) is 29.8 Å². The molecule has 0 aliphatic carbocycles. The molecule has 1 aromatic carbocycles. The zero-order valence-corrected chi connectivity index (χ0v) is 12.1. The van der Waals surface area contributed by atoms with Crippen LogP contribution >= 0.6 is 15.9 Å². The maximum atomic E-state index is 13.2. The van der Waals surface area contributed by atoms with Crippen molar-refractivity contribution in [3.8, 4) is 0 Å². The zero-order chi connectivity index (χ0) is 13.8. The van der Waals surface area contributed by atoms with Crippen molar-refractivity contribution in [2.45, 2.75) is 38.8 Å². The quantitative estimate of drug-likeness (QED) is 0.846. The van der Waals surface area contributed by atoms with Gasteiger partial charge in [-0.05, 0) is 36.6 Å². The summed E-state index contributed by atoms with van der Waals surface area (Å²) >= 11 is 3.21. The molecule has 0 unspecified atom stereocenters. The van der Waals surface area contributed by atoms with E-state index in [2.05, 4.69) is 21.2 Å². The summed E-state index contributed by atoms with van der Waals surface area (Å²) in [6.07, 6.45) is 0.963. The second-order valence-electron chi connectivity index (χ2n) is 4.23. The van der Waals surface area contributed by atoms with Crippen LogP contribution in [0.1, 0.15) is 32.3 Å². The number of benzene rings is 1. The number of halogens is 2. The lowest BCUT2D eigenvalue weighted by Gasteiger charge is -2.28. The molecule has 5 heteroatoms. The molecular formula is C13H17BrFNO2. The highest BCUT2D eigenvalue weighted by molar-refractivity contribution is 9.10. The highest BCUT2D eigenvalue weighted by Crippen LogP contribution is 2.19. The summed E-state index contributed by atoms with van der Waals surface area (Å²) in [5.41, 5.74) is -0.229. The number of carboxylic acid groups (broad SMARTS) is 1. The number of rotatable bonds is 6. The molecular weight excluding hydrogens is 301 g/mol. The first kappa shape index (κ1) is 15.1. The molecule has 0 fully saturated rings. The molecule has 3 nitrogen and oxygen atoms in total. The molecule has 0 amide bonds. The van der Waals surface area contributed by atoms with Gasteiger partial charge in [0, 0.05) is 11.0 Å². The van der Waals surface area contributed by atoms with E-state index in [1.54, 1.807) is 6.07 Å². The molecule has 0 heterocycles. The summed E-state index contributed by atoms with van der Waals surface area (Å²) in [6, 6.07) is 4.54. The van der Waals surface area contributed by atoms with E-state index >= 15 is 0 Å². The maximum Gasteiger partial charge on any atom is 0.323 e. The summed E-state index contributed by atoms with van der Waals surface area (Å²) < 4.78 is 13.8. The predicted molar refractivity (Wildman–Crippen MR) is 71.9 cm³/mol. The van der Waals surface area contributed by atoms with E-state index in [0.717, 1.165) is 5.56 Å². The first-order valence-electron chi connectivity index (χ1n) is 5.87. The Hall–Kier alpha value is -0.940. The van der Waals surface area contributed by atoms with E-state index in [1.807, 2.05) is 13.8 Å². The normalized spacial score (nSPS) is 11.6. The highest BCUT2D eigenvalue weighted by atomic mass is 79.9. The van der Waals surface area contributed by atoms with Crippen molar-refractivity contribution in [2.24, 2.45) is 0 Å². The number of carboxylic acids is 1. The Morgan fingerprint density at radius 1 is 1.39 bits per heavy atom. The second kappa shape index (κ2) is 6.29. The molecule has 0 saturated carbocycles. The Morgan fingerprint density at radius 2 is 2.00 bits per heavy atom. The van der Waals surface area contributed by atoms with Crippen molar-refractivity contribution in [3.63, 3.8) is 0 Å². The van der Waals surface area contributed by atoms with Gasteiger partial charge in [-0.15, -0.1) is 0 Å². The van der Waals surface area contributed by atoms with Crippen LogP contribution in [-0.2, 0) is 11.3 Å². The molecule has 1 aromatic rings. The Morgan fingerprint density at radius 3 is 2.44 bits per heavy atom. The first-order chi connectivity index (χ1) is 8.43. The largest absolute Gasteiger partial charge is 0.480 e. The van der Waals surface area contributed by atoms with Crippen LogP contribution in [0.4, 0.5) is 4.39 Å². The fraction of sp³-hybridized carbons (Fsp3) is 0.462. The van der Waals surface area contributed by atoms with Gasteiger partial charge in [-0.2, -0.15) is 0 Å². The van der Waals surface area contributed by atoms with Gasteiger partial charge >= 0.3 is 5.97 Å². The van der Waals surface area contributed by atoms with Crippen molar-refractivity contribution in [2.75, 3.05) is 0 Å². The number of nitrogens with one attached hydrogen (secondary N) is 1. The highest BCUT2D eigenvalue weighted by Gasteiger charge is 2.33.